The summed E-state index contributed by atoms with van der Waals surface area (Å²) in [7, 11) is 1.52. The van der Waals surface area contributed by atoms with Crippen molar-refractivity contribution in [3.05, 3.63) is 23.8 Å². The van der Waals surface area contributed by atoms with Crippen molar-refractivity contribution in [2.24, 2.45) is 5.92 Å². The zero-order valence-corrected chi connectivity index (χ0v) is 15.9. The first-order valence-electron chi connectivity index (χ1n) is 9.12. The third-order valence-electron chi connectivity index (χ3n) is 4.51. The largest absolute Gasteiger partial charge is 0.493 e. The van der Waals surface area contributed by atoms with Crippen LogP contribution in [0.15, 0.2) is 18.2 Å². The average molecular weight is 363 g/mol. The molecule has 1 aliphatic rings. The molecule has 0 spiro atoms. The molecule has 144 valence electrons. The molecule has 0 aromatic heterocycles. The fraction of sp³-hybridized carbons (Fsp3) is 0.579. The number of rotatable bonds is 5. The maximum absolute atomic E-state index is 12.3. The maximum Gasteiger partial charge on any atom is 0.333 e. The van der Waals surface area contributed by atoms with Crippen LogP contribution in [0.1, 0.15) is 56.8 Å². The normalized spacial score (nSPS) is 19.6. The van der Waals surface area contributed by atoms with Crippen molar-refractivity contribution in [3.8, 4) is 11.5 Å². The van der Waals surface area contributed by atoms with Gasteiger partial charge in [-0.3, -0.25) is 10.2 Å². The van der Waals surface area contributed by atoms with Crippen molar-refractivity contribution in [1.29, 1.82) is 0 Å². The highest BCUT2D eigenvalue weighted by atomic mass is 16.5. The highest BCUT2D eigenvalue weighted by molar-refractivity contribution is 5.95. The van der Waals surface area contributed by atoms with E-state index in [0.29, 0.717) is 23.0 Å². The summed E-state index contributed by atoms with van der Waals surface area (Å²) in [5, 5.41) is 2.92. The molecular formula is C19H29N3O4. The molecule has 0 radical (unpaired) electrons. The molecule has 1 aliphatic carbocycles. The average Bonchev–Trinajstić information content (AvgIpc) is 2.61. The van der Waals surface area contributed by atoms with Gasteiger partial charge in [-0.25, -0.2) is 10.2 Å². The van der Waals surface area contributed by atoms with Crippen LogP contribution in [0.5, 0.6) is 11.5 Å². The van der Waals surface area contributed by atoms with Gasteiger partial charge in [-0.2, -0.15) is 0 Å². The van der Waals surface area contributed by atoms with Gasteiger partial charge in [0.25, 0.3) is 5.91 Å². The van der Waals surface area contributed by atoms with Crippen LogP contribution in [-0.4, -0.2) is 31.2 Å². The van der Waals surface area contributed by atoms with Gasteiger partial charge in [0.05, 0.1) is 13.2 Å². The number of hydrogen-bond acceptors (Lipinski definition) is 4. The lowest BCUT2D eigenvalue weighted by atomic mass is 9.86. The minimum absolute atomic E-state index is 0.00359. The topological polar surface area (TPSA) is 88.7 Å². The summed E-state index contributed by atoms with van der Waals surface area (Å²) in [6.45, 7) is 5.96. The molecule has 0 saturated heterocycles. The highest BCUT2D eigenvalue weighted by Gasteiger charge is 2.23. The van der Waals surface area contributed by atoms with E-state index in [1.54, 1.807) is 18.2 Å². The monoisotopic (exact) mass is 363 g/mol. The number of amides is 3. The molecule has 1 aromatic carbocycles. The Bertz CT molecular complexity index is 633. The number of hydrogen-bond donors (Lipinski definition) is 3. The number of ether oxygens (including phenoxy) is 2. The second-order valence-electron chi connectivity index (χ2n) is 6.95. The Labute approximate surface area is 154 Å². The van der Waals surface area contributed by atoms with Crippen molar-refractivity contribution in [2.75, 3.05) is 7.11 Å². The number of nitrogens with one attached hydrogen (secondary N) is 3. The number of methoxy groups -OCH3 is 1. The van der Waals surface area contributed by atoms with Gasteiger partial charge in [0.15, 0.2) is 11.5 Å². The van der Waals surface area contributed by atoms with Crippen molar-refractivity contribution in [2.45, 2.75) is 58.6 Å². The van der Waals surface area contributed by atoms with Gasteiger partial charge in [-0.15, -0.1) is 0 Å². The van der Waals surface area contributed by atoms with Gasteiger partial charge < -0.3 is 14.8 Å². The highest BCUT2D eigenvalue weighted by Crippen LogP contribution is 2.29. The van der Waals surface area contributed by atoms with Gasteiger partial charge >= 0.3 is 6.03 Å². The standard InChI is InChI=1S/C19H29N3O4/c1-12(2)26-16-10-9-14(11-17(16)25-4)18(23)21-22-19(24)20-15-8-6-5-7-13(15)3/h9-13,15H,5-8H2,1-4H3,(H,21,23)(H2,20,22,24). The molecule has 1 saturated carbocycles. The smallest absolute Gasteiger partial charge is 0.333 e. The quantitative estimate of drug-likeness (QED) is 0.702. The Morgan fingerprint density at radius 2 is 1.85 bits per heavy atom. The summed E-state index contributed by atoms with van der Waals surface area (Å²) in [6, 6.07) is 4.63. The fourth-order valence-electron chi connectivity index (χ4n) is 3.08. The van der Waals surface area contributed by atoms with E-state index in [0.717, 1.165) is 19.3 Å². The molecular weight excluding hydrogens is 334 g/mol. The van der Waals surface area contributed by atoms with Crippen LogP contribution >= 0.6 is 0 Å². The SMILES string of the molecule is COc1cc(C(=O)NNC(=O)NC2CCCCC2C)ccc1OC(C)C. The van der Waals surface area contributed by atoms with Crippen LogP contribution in [0, 0.1) is 5.92 Å². The molecule has 7 nitrogen and oxygen atoms in total. The molecule has 1 fully saturated rings. The number of carbonyl (C=O) groups is 2. The van der Waals surface area contributed by atoms with Gasteiger partial charge in [0, 0.05) is 11.6 Å². The molecule has 0 heterocycles. The first kappa shape index (κ1) is 19.9. The molecule has 2 unspecified atom stereocenters. The molecule has 7 heteroatoms. The minimum atomic E-state index is -0.425. The van der Waals surface area contributed by atoms with E-state index in [1.165, 1.54) is 13.5 Å². The minimum Gasteiger partial charge on any atom is -0.493 e. The van der Waals surface area contributed by atoms with E-state index < -0.39 is 11.9 Å². The predicted molar refractivity (Wildman–Crippen MR) is 99.3 cm³/mol. The Hall–Kier alpha value is -2.44. The fourth-order valence-corrected chi connectivity index (χ4v) is 3.08. The van der Waals surface area contributed by atoms with E-state index >= 15 is 0 Å². The molecule has 2 rings (SSSR count). The zero-order chi connectivity index (χ0) is 19.1. The summed E-state index contributed by atoms with van der Waals surface area (Å²) >= 11 is 0. The zero-order valence-electron chi connectivity index (χ0n) is 15.9. The third kappa shape index (κ3) is 5.54. The lowest BCUT2D eigenvalue weighted by Crippen LogP contribution is -2.51. The summed E-state index contributed by atoms with van der Waals surface area (Å²) in [6.07, 6.45) is 4.40. The van der Waals surface area contributed by atoms with Crippen LogP contribution in [0.2, 0.25) is 0 Å². The van der Waals surface area contributed by atoms with E-state index in [-0.39, 0.29) is 12.1 Å². The van der Waals surface area contributed by atoms with Crippen LogP contribution in [0.25, 0.3) is 0 Å². The summed E-state index contributed by atoms with van der Waals surface area (Å²) in [5.41, 5.74) is 5.19. The molecule has 2 atom stereocenters. The number of benzene rings is 1. The van der Waals surface area contributed by atoms with Crippen LogP contribution < -0.4 is 25.6 Å². The first-order chi connectivity index (χ1) is 12.4. The Morgan fingerprint density at radius 1 is 1.12 bits per heavy atom. The van der Waals surface area contributed by atoms with Crippen LogP contribution in [0.4, 0.5) is 4.79 Å². The second kappa shape index (κ2) is 9.31. The second-order valence-corrected chi connectivity index (χ2v) is 6.95. The molecule has 1 aromatic rings. The third-order valence-corrected chi connectivity index (χ3v) is 4.51. The van der Waals surface area contributed by atoms with Gasteiger partial charge in [-0.05, 0) is 50.8 Å². The maximum atomic E-state index is 12.3. The Balaban J connectivity index is 1.89. The molecule has 26 heavy (non-hydrogen) atoms. The van der Waals surface area contributed by atoms with Crippen LogP contribution in [-0.2, 0) is 0 Å². The van der Waals surface area contributed by atoms with Gasteiger partial charge in [-0.1, -0.05) is 19.8 Å². The van der Waals surface area contributed by atoms with Crippen molar-refractivity contribution in [3.63, 3.8) is 0 Å². The molecule has 3 amide bonds. The van der Waals surface area contributed by atoms with E-state index in [9.17, 15) is 9.59 Å². The lowest BCUT2D eigenvalue weighted by Gasteiger charge is -2.29. The van der Waals surface area contributed by atoms with E-state index in [4.69, 9.17) is 9.47 Å². The van der Waals surface area contributed by atoms with Gasteiger partial charge in [0.2, 0.25) is 0 Å². The Kier molecular flexibility index (Phi) is 7.12. The summed E-state index contributed by atoms with van der Waals surface area (Å²) < 4.78 is 10.9. The lowest BCUT2D eigenvalue weighted by molar-refractivity contribution is 0.0934. The first-order valence-corrected chi connectivity index (χ1v) is 9.12. The van der Waals surface area contributed by atoms with Crippen molar-refractivity contribution < 1.29 is 19.1 Å². The van der Waals surface area contributed by atoms with Gasteiger partial charge in [0.1, 0.15) is 0 Å². The van der Waals surface area contributed by atoms with Crippen LogP contribution in [0.3, 0.4) is 0 Å². The predicted octanol–water partition coefficient (Wildman–Crippen LogP) is 3.01. The van der Waals surface area contributed by atoms with E-state index in [1.807, 2.05) is 13.8 Å². The summed E-state index contributed by atoms with van der Waals surface area (Å²) in [4.78, 5) is 24.3. The summed E-state index contributed by atoms with van der Waals surface area (Å²) in [5.74, 6) is 1.05. The number of urea groups is 1. The molecule has 0 bridgehead atoms. The van der Waals surface area contributed by atoms with E-state index in [2.05, 4.69) is 23.1 Å². The molecule has 3 N–H and O–H groups in total. The van der Waals surface area contributed by atoms with Crippen molar-refractivity contribution in [1.82, 2.24) is 16.2 Å². The number of hydrazine groups is 1. The van der Waals surface area contributed by atoms with Crippen molar-refractivity contribution >= 4 is 11.9 Å². The number of carbonyl (C=O) groups excluding carboxylic acids is 2. The Morgan fingerprint density at radius 3 is 2.50 bits per heavy atom. The molecule has 0 aliphatic heterocycles.